The molecule has 3 heteroatoms. The lowest BCUT2D eigenvalue weighted by molar-refractivity contribution is 0.128. The molecule has 0 spiro atoms. The number of hydrogen-bond donors (Lipinski definition) is 1. The van der Waals surface area contributed by atoms with E-state index in [1.165, 1.54) is 6.42 Å². The first-order valence-corrected chi connectivity index (χ1v) is 5.35. The minimum atomic E-state index is 0.247. The predicted octanol–water partition coefficient (Wildman–Crippen LogP) is 0.559. The number of aliphatic hydroxyl groups is 1. The van der Waals surface area contributed by atoms with Gasteiger partial charge >= 0.3 is 0 Å². The molecule has 0 aliphatic carbocycles. The molecule has 1 aliphatic heterocycles. The molecule has 0 bridgehead atoms. The van der Waals surface area contributed by atoms with Crippen molar-refractivity contribution in [2.75, 3.05) is 33.3 Å². The van der Waals surface area contributed by atoms with Gasteiger partial charge in [-0.3, -0.25) is 9.80 Å². The topological polar surface area (TPSA) is 26.7 Å². The average molecular weight is 198 g/mol. The van der Waals surface area contributed by atoms with E-state index in [0.717, 1.165) is 19.6 Å². The molecule has 1 aliphatic rings. The Hall–Kier alpha value is -0.380. The Morgan fingerprint density at radius 2 is 2.29 bits per heavy atom. The van der Waals surface area contributed by atoms with Crippen LogP contribution in [0.5, 0.6) is 0 Å². The van der Waals surface area contributed by atoms with Gasteiger partial charge in [-0.2, -0.15) is 0 Å². The van der Waals surface area contributed by atoms with Crippen LogP contribution >= 0.6 is 0 Å². The van der Waals surface area contributed by atoms with Gasteiger partial charge in [-0.25, -0.2) is 0 Å². The quantitative estimate of drug-likeness (QED) is 0.671. The first kappa shape index (κ1) is 11.7. The first-order valence-electron chi connectivity index (χ1n) is 5.35. The van der Waals surface area contributed by atoms with E-state index in [2.05, 4.69) is 30.4 Å². The molecule has 2 unspecified atom stereocenters. The fourth-order valence-corrected chi connectivity index (χ4v) is 1.96. The molecule has 0 radical (unpaired) electrons. The highest BCUT2D eigenvalue weighted by molar-refractivity contribution is 4.85. The van der Waals surface area contributed by atoms with Crippen LogP contribution in [0, 0.1) is 0 Å². The minimum Gasteiger partial charge on any atom is -0.395 e. The Morgan fingerprint density at radius 1 is 1.57 bits per heavy atom. The number of hydrogen-bond acceptors (Lipinski definition) is 3. The summed E-state index contributed by atoms with van der Waals surface area (Å²) in [6.45, 7) is 9.20. The Labute approximate surface area is 87.0 Å². The predicted molar refractivity (Wildman–Crippen MR) is 59.4 cm³/mol. The van der Waals surface area contributed by atoms with Crippen molar-refractivity contribution in [3.63, 3.8) is 0 Å². The monoisotopic (exact) mass is 198 g/mol. The van der Waals surface area contributed by atoms with Crippen LogP contribution in [0.15, 0.2) is 12.7 Å². The second kappa shape index (κ2) is 5.49. The van der Waals surface area contributed by atoms with Gasteiger partial charge in [0.15, 0.2) is 0 Å². The van der Waals surface area contributed by atoms with Crippen LogP contribution in [-0.2, 0) is 0 Å². The molecule has 1 rings (SSSR count). The van der Waals surface area contributed by atoms with E-state index >= 15 is 0 Å². The van der Waals surface area contributed by atoms with Crippen LogP contribution in [0.3, 0.4) is 0 Å². The van der Waals surface area contributed by atoms with Crippen molar-refractivity contribution in [2.45, 2.75) is 25.4 Å². The highest BCUT2D eigenvalue weighted by Gasteiger charge is 2.24. The van der Waals surface area contributed by atoms with Gasteiger partial charge in [-0.05, 0) is 26.9 Å². The van der Waals surface area contributed by atoms with Crippen LogP contribution in [0.4, 0.5) is 0 Å². The zero-order valence-electron chi connectivity index (χ0n) is 9.32. The molecule has 0 aromatic rings. The molecule has 0 aromatic heterocycles. The van der Waals surface area contributed by atoms with Crippen LogP contribution < -0.4 is 0 Å². The normalized spacial score (nSPS) is 31.4. The van der Waals surface area contributed by atoms with Gasteiger partial charge in [0.2, 0.25) is 0 Å². The lowest BCUT2D eigenvalue weighted by Gasteiger charge is -2.28. The maximum Gasteiger partial charge on any atom is 0.0599 e. The lowest BCUT2D eigenvalue weighted by atomic mass is 10.2. The lowest BCUT2D eigenvalue weighted by Crippen LogP contribution is -2.42. The number of likely N-dealkylation sites (N-methyl/N-ethyl adjacent to an activating group) is 1. The fraction of sp³-hybridized carbons (Fsp3) is 0.818. The summed E-state index contributed by atoms with van der Waals surface area (Å²) in [5.41, 5.74) is 0. The third-order valence-electron chi connectivity index (χ3n) is 3.17. The smallest absolute Gasteiger partial charge is 0.0599 e. The number of aliphatic hydroxyl groups excluding tert-OH is 1. The molecule has 0 amide bonds. The van der Waals surface area contributed by atoms with E-state index in [-0.39, 0.29) is 12.6 Å². The van der Waals surface area contributed by atoms with Crippen LogP contribution in [0.1, 0.15) is 13.3 Å². The van der Waals surface area contributed by atoms with Gasteiger partial charge in [0.1, 0.15) is 0 Å². The van der Waals surface area contributed by atoms with Crippen molar-refractivity contribution in [2.24, 2.45) is 0 Å². The van der Waals surface area contributed by atoms with E-state index in [1.54, 1.807) is 0 Å². The molecule has 1 N–H and O–H groups in total. The van der Waals surface area contributed by atoms with E-state index in [1.807, 2.05) is 6.08 Å². The summed E-state index contributed by atoms with van der Waals surface area (Å²) >= 11 is 0. The second-order valence-electron chi connectivity index (χ2n) is 4.20. The molecule has 14 heavy (non-hydrogen) atoms. The SMILES string of the molecule is C=CCN1CC(CO)N(C)CCC1C. The van der Waals surface area contributed by atoms with E-state index in [0.29, 0.717) is 6.04 Å². The minimum absolute atomic E-state index is 0.247. The van der Waals surface area contributed by atoms with Crippen molar-refractivity contribution in [3.8, 4) is 0 Å². The van der Waals surface area contributed by atoms with Gasteiger partial charge in [0, 0.05) is 25.2 Å². The number of nitrogens with zero attached hydrogens (tertiary/aromatic N) is 2. The summed E-state index contributed by atoms with van der Waals surface area (Å²) in [5, 5.41) is 9.26. The molecule has 0 saturated carbocycles. The number of rotatable bonds is 3. The van der Waals surface area contributed by atoms with Crippen molar-refractivity contribution in [1.29, 1.82) is 0 Å². The molecule has 1 saturated heterocycles. The zero-order valence-corrected chi connectivity index (χ0v) is 9.32. The Balaban J connectivity index is 2.61. The maximum atomic E-state index is 9.26. The van der Waals surface area contributed by atoms with Crippen molar-refractivity contribution in [3.05, 3.63) is 12.7 Å². The van der Waals surface area contributed by atoms with Crippen LogP contribution in [0.25, 0.3) is 0 Å². The van der Waals surface area contributed by atoms with Gasteiger partial charge in [-0.1, -0.05) is 6.08 Å². The Kier molecular flexibility index (Phi) is 4.58. The van der Waals surface area contributed by atoms with Crippen molar-refractivity contribution < 1.29 is 5.11 Å². The zero-order chi connectivity index (χ0) is 10.6. The first-order chi connectivity index (χ1) is 6.69. The maximum absolute atomic E-state index is 9.26. The van der Waals surface area contributed by atoms with E-state index < -0.39 is 0 Å². The van der Waals surface area contributed by atoms with Gasteiger partial charge in [0.25, 0.3) is 0 Å². The third kappa shape index (κ3) is 2.80. The summed E-state index contributed by atoms with van der Waals surface area (Å²) in [5.74, 6) is 0. The summed E-state index contributed by atoms with van der Waals surface area (Å²) < 4.78 is 0. The van der Waals surface area contributed by atoms with E-state index in [9.17, 15) is 5.11 Å². The van der Waals surface area contributed by atoms with Crippen LogP contribution in [0.2, 0.25) is 0 Å². The highest BCUT2D eigenvalue weighted by Crippen LogP contribution is 2.13. The molecule has 0 aromatic carbocycles. The van der Waals surface area contributed by atoms with Gasteiger partial charge in [0.05, 0.1) is 6.61 Å². The molecule has 1 heterocycles. The molecular formula is C11H22N2O. The summed E-state index contributed by atoms with van der Waals surface area (Å²) in [6.07, 6.45) is 3.11. The average Bonchev–Trinajstić information content (AvgIpc) is 2.31. The fourth-order valence-electron chi connectivity index (χ4n) is 1.96. The molecule has 2 atom stereocenters. The van der Waals surface area contributed by atoms with Crippen molar-refractivity contribution in [1.82, 2.24) is 9.80 Å². The largest absolute Gasteiger partial charge is 0.395 e. The van der Waals surface area contributed by atoms with Crippen LogP contribution in [-0.4, -0.2) is 60.3 Å². The van der Waals surface area contributed by atoms with Gasteiger partial charge in [-0.15, -0.1) is 6.58 Å². The van der Waals surface area contributed by atoms with Crippen molar-refractivity contribution >= 4 is 0 Å². The molecule has 1 fully saturated rings. The summed E-state index contributed by atoms with van der Waals surface area (Å²) in [6, 6.07) is 0.867. The summed E-state index contributed by atoms with van der Waals surface area (Å²) in [7, 11) is 2.09. The van der Waals surface area contributed by atoms with Gasteiger partial charge < -0.3 is 5.11 Å². The molecule has 3 nitrogen and oxygen atoms in total. The Morgan fingerprint density at radius 3 is 2.86 bits per heavy atom. The van der Waals surface area contributed by atoms with E-state index in [4.69, 9.17) is 0 Å². The Bertz CT molecular complexity index is 184. The molecular weight excluding hydrogens is 176 g/mol. The molecule has 82 valence electrons. The second-order valence-corrected chi connectivity index (χ2v) is 4.20. The third-order valence-corrected chi connectivity index (χ3v) is 3.17. The summed E-state index contributed by atoms with van der Waals surface area (Å²) in [4.78, 5) is 4.64. The standard InChI is InChI=1S/C11H22N2O/c1-4-6-13-8-11(9-14)12(3)7-5-10(13)2/h4,10-11,14H,1,5-9H2,2-3H3. The highest BCUT2D eigenvalue weighted by atomic mass is 16.3.